The molecule has 1 unspecified atom stereocenters. The lowest BCUT2D eigenvalue weighted by Gasteiger charge is -2.35. The molecule has 1 aliphatic rings. The molecular formula is C11H16ClN3O2S2. The van der Waals surface area contributed by atoms with Crippen LogP contribution in [0.3, 0.4) is 0 Å². The summed E-state index contributed by atoms with van der Waals surface area (Å²) in [7, 11) is -3.15. The van der Waals surface area contributed by atoms with E-state index < -0.39 is 15.2 Å². The summed E-state index contributed by atoms with van der Waals surface area (Å²) in [6.45, 7) is 2.59. The lowest BCUT2D eigenvalue weighted by molar-refractivity contribution is 0.583. The van der Waals surface area contributed by atoms with E-state index in [9.17, 15) is 8.42 Å². The van der Waals surface area contributed by atoms with Crippen molar-refractivity contribution in [1.82, 2.24) is 9.97 Å². The molecule has 5 nitrogen and oxygen atoms in total. The Morgan fingerprint density at radius 3 is 2.89 bits per heavy atom. The minimum atomic E-state index is -3.15. The second-order valence-corrected chi connectivity index (χ2v) is 8.11. The van der Waals surface area contributed by atoms with E-state index >= 15 is 0 Å². The molecule has 19 heavy (non-hydrogen) atoms. The number of sulfone groups is 1. The van der Waals surface area contributed by atoms with E-state index in [0.29, 0.717) is 35.5 Å². The highest BCUT2D eigenvalue weighted by atomic mass is 35.5. The third-order valence-corrected chi connectivity index (χ3v) is 5.75. The van der Waals surface area contributed by atoms with Gasteiger partial charge in [-0.15, -0.1) is 0 Å². The molecule has 1 aliphatic heterocycles. The predicted molar refractivity (Wildman–Crippen MR) is 79.7 cm³/mol. The van der Waals surface area contributed by atoms with Crippen LogP contribution in [0.1, 0.15) is 12.7 Å². The summed E-state index contributed by atoms with van der Waals surface area (Å²) in [5.74, 6) is 2.68. The molecule has 1 fully saturated rings. The number of hydrogen-bond acceptors (Lipinski definition) is 6. The number of nitrogens with zero attached hydrogens (tertiary/aromatic N) is 3. The minimum absolute atomic E-state index is 0.354. The maximum atomic E-state index is 11.9. The van der Waals surface area contributed by atoms with E-state index in [1.165, 1.54) is 6.26 Å². The molecule has 0 bridgehead atoms. The van der Waals surface area contributed by atoms with Gasteiger partial charge < -0.3 is 4.90 Å². The summed E-state index contributed by atoms with van der Waals surface area (Å²) in [6, 6.07) is 1.63. The van der Waals surface area contributed by atoms with Crippen LogP contribution >= 0.6 is 23.4 Å². The zero-order chi connectivity index (χ0) is 14.0. The quantitative estimate of drug-likeness (QED) is 0.788. The molecule has 106 valence electrons. The van der Waals surface area contributed by atoms with Crippen molar-refractivity contribution < 1.29 is 8.42 Å². The van der Waals surface area contributed by atoms with E-state index in [2.05, 4.69) is 9.97 Å². The fraction of sp³-hybridized carbons (Fsp3) is 0.636. The SMILES string of the molecule is CCc1nc(Cl)cc(N2CCSCC2S(C)(=O)=O)n1. The van der Waals surface area contributed by atoms with Crippen LogP contribution in [0.5, 0.6) is 0 Å². The topological polar surface area (TPSA) is 63.2 Å². The molecule has 0 aliphatic carbocycles. The molecule has 0 N–H and O–H groups in total. The summed E-state index contributed by atoms with van der Waals surface area (Å²) in [4.78, 5) is 10.3. The molecule has 0 aromatic carbocycles. The molecular weight excluding hydrogens is 306 g/mol. The average molecular weight is 322 g/mol. The standard InChI is InChI=1S/C11H16ClN3O2S2/c1-3-9-13-8(12)6-10(14-9)15-4-5-18-7-11(15)19(2,16)17/h6,11H,3-5,7H2,1-2H3. The number of aromatic nitrogens is 2. The number of hydrogen-bond donors (Lipinski definition) is 0. The van der Waals surface area contributed by atoms with Gasteiger partial charge in [-0.25, -0.2) is 18.4 Å². The summed E-state index contributed by atoms with van der Waals surface area (Å²) >= 11 is 7.62. The van der Waals surface area contributed by atoms with Gasteiger partial charge in [-0.3, -0.25) is 0 Å². The first kappa shape index (κ1) is 14.9. The van der Waals surface area contributed by atoms with Gasteiger partial charge in [0.1, 0.15) is 22.2 Å². The van der Waals surface area contributed by atoms with Gasteiger partial charge in [-0.2, -0.15) is 11.8 Å². The van der Waals surface area contributed by atoms with Crippen LogP contribution in [-0.4, -0.2) is 48.1 Å². The average Bonchev–Trinajstić information content (AvgIpc) is 2.37. The Kier molecular flexibility index (Phi) is 4.58. The van der Waals surface area contributed by atoms with Crippen molar-refractivity contribution in [2.24, 2.45) is 0 Å². The van der Waals surface area contributed by atoms with Crippen molar-refractivity contribution in [3.8, 4) is 0 Å². The van der Waals surface area contributed by atoms with Crippen LogP contribution in [0, 0.1) is 0 Å². The van der Waals surface area contributed by atoms with Crippen LogP contribution in [-0.2, 0) is 16.3 Å². The second kappa shape index (κ2) is 5.85. The number of anilines is 1. The van der Waals surface area contributed by atoms with Crippen LogP contribution < -0.4 is 4.90 Å². The Labute approximate surface area is 122 Å². The van der Waals surface area contributed by atoms with Gasteiger partial charge in [0.25, 0.3) is 0 Å². The molecule has 2 rings (SSSR count). The van der Waals surface area contributed by atoms with Crippen molar-refractivity contribution in [3.63, 3.8) is 0 Å². The van der Waals surface area contributed by atoms with Gasteiger partial charge in [-0.1, -0.05) is 18.5 Å². The Morgan fingerprint density at radius 1 is 1.53 bits per heavy atom. The van der Waals surface area contributed by atoms with Crippen LogP contribution in [0.4, 0.5) is 5.82 Å². The monoisotopic (exact) mass is 321 g/mol. The molecule has 0 radical (unpaired) electrons. The maximum Gasteiger partial charge on any atom is 0.169 e. The Hall–Kier alpha value is -0.530. The highest BCUT2D eigenvalue weighted by Crippen LogP contribution is 2.26. The van der Waals surface area contributed by atoms with E-state index in [4.69, 9.17) is 11.6 Å². The van der Waals surface area contributed by atoms with Crippen molar-refractivity contribution in [2.75, 3.05) is 29.2 Å². The fourth-order valence-corrected chi connectivity index (χ4v) is 4.98. The molecule has 0 spiro atoms. The van der Waals surface area contributed by atoms with Gasteiger partial charge in [0.05, 0.1) is 0 Å². The van der Waals surface area contributed by atoms with E-state index in [1.54, 1.807) is 17.8 Å². The Bertz CT molecular complexity index is 565. The third-order valence-electron chi connectivity index (χ3n) is 2.92. The van der Waals surface area contributed by atoms with E-state index in [0.717, 1.165) is 5.75 Å². The van der Waals surface area contributed by atoms with Crippen LogP contribution in [0.15, 0.2) is 6.07 Å². The van der Waals surface area contributed by atoms with Crippen molar-refractivity contribution in [3.05, 3.63) is 17.0 Å². The lowest BCUT2D eigenvalue weighted by atomic mass is 10.4. The van der Waals surface area contributed by atoms with Crippen LogP contribution in [0.25, 0.3) is 0 Å². The summed E-state index contributed by atoms with van der Waals surface area (Å²) in [6.07, 6.45) is 1.93. The first-order valence-electron chi connectivity index (χ1n) is 5.98. The molecule has 8 heteroatoms. The fourth-order valence-electron chi connectivity index (χ4n) is 1.95. The maximum absolute atomic E-state index is 11.9. The van der Waals surface area contributed by atoms with Gasteiger partial charge in [0.2, 0.25) is 0 Å². The van der Waals surface area contributed by atoms with Crippen molar-refractivity contribution >= 4 is 39.0 Å². The molecule has 1 aromatic rings. The molecule has 1 saturated heterocycles. The summed E-state index contributed by atoms with van der Waals surface area (Å²) in [5, 5.41) is -0.186. The summed E-state index contributed by atoms with van der Waals surface area (Å²) < 4.78 is 23.8. The molecule has 0 amide bonds. The number of aryl methyl sites for hydroxylation is 1. The predicted octanol–water partition coefficient (Wildman–Crippen LogP) is 1.62. The van der Waals surface area contributed by atoms with Gasteiger partial charge in [0.15, 0.2) is 9.84 Å². The summed E-state index contributed by atoms with van der Waals surface area (Å²) in [5.41, 5.74) is 0. The number of rotatable bonds is 3. The third kappa shape index (κ3) is 3.52. The number of halogens is 1. The van der Waals surface area contributed by atoms with Crippen LogP contribution in [0.2, 0.25) is 5.15 Å². The second-order valence-electron chi connectivity index (χ2n) is 4.37. The van der Waals surface area contributed by atoms with Gasteiger partial charge in [-0.05, 0) is 0 Å². The Morgan fingerprint density at radius 2 is 2.26 bits per heavy atom. The van der Waals surface area contributed by atoms with E-state index in [-0.39, 0.29) is 0 Å². The first-order chi connectivity index (χ1) is 8.91. The van der Waals surface area contributed by atoms with Crippen molar-refractivity contribution in [2.45, 2.75) is 18.7 Å². The normalized spacial score (nSPS) is 20.6. The molecule has 0 saturated carbocycles. The lowest BCUT2D eigenvalue weighted by Crippen LogP contribution is -2.47. The zero-order valence-electron chi connectivity index (χ0n) is 10.8. The van der Waals surface area contributed by atoms with Gasteiger partial charge in [0, 0.05) is 36.8 Å². The number of thioether (sulfide) groups is 1. The van der Waals surface area contributed by atoms with Crippen molar-refractivity contribution in [1.29, 1.82) is 0 Å². The molecule has 1 aromatic heterocycles. The first-order valence-corrected chi connectivity index (χ1v) is 9.47. The molecule has 2 heterocycles. The van der Waals surface area contributed by atoms with E-state index in [1.807, 2.05) is 11.8 Å². The van der Waals surface area contributed by atoms with Gasteiger partial charge >= 0.3 is 0 Å². The highest BCUT2D eigenvalue weighted by molar-refractivity contribution is 8.01. The largest absolute Gasteiger partial charge is 0.338 e. The Balaban J connectivity index is 2.40. The molecule has 1 atom stereocenters. The highest BCUT2D eigenvalue weighted by Gasteiger charge is 2.32. The zero-order valence-corrected chi connectivity index (χ0v) is 13.2. The minimum Gasteiger partial charge on any atom is -0.338 e. The smallest absolute Gasteiger partial charge is 0.169 e.